The van der Waals surface area contributed by atoms with Gasteiger partial charge in [0.2, 0.25) is 5.91 Å². The second-order valence-corrected chi connectivity index (χ2v) is 9.25. The number of para-hydroxylation sites is 1. The van der Waals surface area contributed by atoms with Crippen LogP contribution in [0.5, 0.6) is 0 Å². The minimum atomic E-state index is -0.904. The molecule has 1 aliphatic heterocycles. The molecule has 1 amide bonds. The Morgan fingerprint density at radius 3 is 2.48 bits per heavy atom. The van der Waals surface area contributed by atoms with Crippen molar-refractivity contribution in [1.29, 1.82) is 0 Å². The van der Waals surface area contributed by atoms with E-state index in [0.717, 1.165) is 11.3 Å². The first-order valence-corrected chi connectivity index (χ1v) is 11.5. The first kappa shape index (κ1) is 22.0. The van der Waals surface area contributed by atoms with Crippen LogP contribution in [0.3, 0.4) is 0 Å². The maximum Gasteiger partial charge on any atom is 0.239 e. The van der Waals surface area contributed by atoms with Crippen LogP contribution in [0.15, 0.2) is 66.7 Å². The first-order valence-electron chi connectivity index (χ1n) is 9.45. The lowest BCUT2D eigenvalue weighted by molar-refractivity contribution is -0.126. The summed E-state index contributed by atoms with van der Waals surface area (Å²) < 4.78 is 2.02. The summed E-state index contributed by atoms with van der Waals surface area (Å²) in [4.78, 5) is 26.1. The fraction of sp³-hybridized carbons (Fsp3) is 0.130. The summed E-state index contributed by atoms with van der Waals surface area (Å²) in [6.45, 7) is 0.511. The van der Waals surface area contributed by atoms with Crippen molar-refractivity contribution < 1.29 is 9.59 Å². The Bertz CT molecular complexity index is 1140. The number of hydrogen-bond acceptors (Lipinski definition) is 4. The predicted molar refractivity (Wildman–Crippen MR) is 129 cm³/mol. The molecule has 1 unspecified atom stereocenters. The molecule has 0 saturated carbocycles. The molecule has 0 bridgehead atoms. The highest BCUT2D eigenvalue weighted by molar-refractivity contribution is 8.01. The average molecular weight is 492 g/mol. The maximum atomic E-state index is 13.1. The molecule has 3 aromatic rings. The van der Waals surface area contributed by atoms with E-state index < -0.39 is 5.92 Å². The predicted octanol–water partition coefficient (Wildman–Crippen LogP) is 6.61. The average Bonchev–Trinajstić information content (AvgIpc) is 2.89. The molecule has 1 atom stereocenters. The van der Waals surface area contributed by atoms with Gasteiger partial charge in [-0.1, -0.05) is 59.1 Å². The van der Waals surface area contributed by atoms with Crippen LogP contribution in [-0.4, -0.2) is 17.4 Å². The Labute approximate surface area is 199 Å². The van der Waals surface area contributed by atoms with Crippen molar-refractivity contribution in [1.82, 2.24) is 0 Å². The molecule has 4 nitrogen and oxygen atoms in total. The largest absolute Gasteiger partial charge is 0.325 e. The molecular formula is C23H17Cl3N2O2S. The van der Waals surface area contributed by atoms with E-state index in [2.05, 4.69) is 5.32 Å². The van der Waals surface area contributed by atoms with Crippen LogP contribution >= 0.6 is 46.8 Å². The molecule has 0 fully saturated rings. The van der Waals surface area contributed by atoms with E-state index in [4.69, 9.17) is 34.8 Å². The van der Waals surface area contributed by atoms with Crippen molar-refractivity contribution >= 4 is 69.8 Å². The minimum Gasteiger partial charge on any atom is -0.325 e. The van der Waals surface area contributed by atoms with Crippen molar-refractivity contribution in [2.24, 2.45) is 0 Å². The zero-order chi connectivity index (χ0) is 22.0. The van der Waals surface area contributed by atoms with Gasteiger partial charge in [0.15, 0.2) is 5.78 Å². The number of Topliss-reactive ketones (excluding diaryl/α,β-unsaturated/α-hetero) is 1. The molecule has 0 aromatic heterocycles. The number of ketones is 1. The Balaban J connectivity index is 1.64. The van der Waals surface area contributed by atoms with Gasteiger partial charge in [-0.3, -0.25) is 9.59 Å². The zero-order valence-electron chi connectivity index (χ0n) is 16.1. The van der Waals surface area contributed by atoms with Gasteiger partial charge in [0, 0.05) is 10.7 Å². The van der Waals surface area contributed by atoms with Crippen molar-refractivity contribution in [2.45, 2.75) is 12.5 Å². The van der Waals surface area contributed by atoms with Crippen LogP contribution in [0.25, 0.3) is 0 Å². The smallest absolute Gasteiger partial charge is 0.239 e. The molecular weight excluding hydrogens is 475 g/mol. The summed E-state index contributed by atoms with van der Waals surface area (Å²) in [6, 6.07) is 19.7. The van der Waals surface area contributed by atoms with Gasteiger partial charge >= 0.3 is 0 Å². The molecule has 1 aliphatic rings. The first-order chi connectivity index (χ1) is 14.9. The molecule has 0 radical (unpaired) electrons. The fourth-order valence-corrected chi connectivity index (χ4v) is 4.84. The monoisotopic (exact) mass is 490 g/mol. The van der Waals surface area contributed by atoms with Crippen LogP contribution in [0, 0.1) is 0 Å². The fourth-order valence-electron chi connectivity index (χ4n) is 3.40. The van der Waals surface area contributed by atoms with Gasteiger partial charge in [-0.15, -0.1) is 0 Å². The van der Waals surface area contributed by atoms with E-state index in [1.165, 1.54) is 11.9 Å². The SMILES string of the molecule is O=C1CSN(Cc2ccc(Cl)c(Cl)c2)c2ccccc2C1C(=O)Nc1ccc(Cl)cc1. The Morgan fingerprint density at radius 1 is 1.00 bits per heavy atom. The van der Waals surface area contributed by atoms with Crippen molar-refractivity contribution in [2.75, 3.05) is 15.4 Å². The molecule has 8 heteroatoms. The van der Waals surface area contributed by atoms with Gasteiger partial charge in [0.25, 0.3) is 0 Å². The van der Waals surface area contributed by atoms with Gasteiger partial charge in [-0.25, -0.2) is 0 Å². The number of carbonyl (C=O) groups is 2. The van der Waals surface area contributed by atoms with Gasteiger partial charge in [-0.2, -0.15) is 0 Å². The van der Waals surface area contributed by atoms with Crippen LogP contribution in [0.4, 0.5) is 11.4 Å². The number of fused-ring (bicyclic) bond motifs is 1. The normalized spacial score (nSPS) is 15.9. The lowest BCUT2D eigenvalue weighted by atomic mass is 9.92. The van der Waals surface area contributed by atoms with Crippen molar-refractivity contribution in [3.8, 4) is 0 Å². The van der Waals surface area contributed by atoms with Crippen LogP contribution in [-0.2, 0) is 16.1 Å². The highest BCUT2D eigenvalue weighted by atomic mass is 35.5. The Morgan fingerprint density at radius 2 is 1.74 bits per heavy atom. The summed E-state index contributed by atoms with van der Waals surface area (Å²) >= 11 is 19.5. The standard InChI is InChI=1S/C23H17Cl3N2O2S/c24-15-6-8-16(9-7-15)27-23(30)22-17-3-1-2-4-20(17)28(31-13-21(22)29)12-14-5-10-18(25)19(26)11-14/h1-11,22H,12-13H2,(H,27,30). The molecule has 31 heavy (non-hydrogen) atoms. The zero-order valence-corrected chi connectivity index (χ0v) is 19.2. The van der Waals surface area contributed by atoms with E-state index in [1.54, 1.807) is 30.3 Å². The van der Waals surface area contributed by atoms with E-state index in [0.29, 0.717) is 32.9 Å². The van der Waals surface area contributed by atoms with Crippen molar-refractivity contribution in [3.05, 3.63) is 92.9 Å². The van der Waals surface area contributed by atoms with Gasteiger partial charge < -0.3 is 9.62 Å². The molecule has 0 saturated heterocycles. The molecule has 1 N–H and O–H groups in total. The van der Waals surface area contributed by atoms with Gasteiger partial charge in [0.1, 0.15) is 5.92 Å². The van der Waals surface area contributed by atoms with Crippen LogP contribution in [0.2, 0.25) is 15.1 Å². The lowest BCUT2D eigenvalue weighted by Gasteiger charge is -2.24. The molecule has 1 heterocycles. The summed E-state index contributed by atoms with van der Waals surface area (Å²) in [7, 11) is 0. The lowest BCUT2D eigenvalue weighted by Crippen LogP contribution is -2.28. The molecule has 0 spiro atoms. The van der Waals surface area contributed by atoms with Gasteiger partial charge in [-0.05, 0) is 65.5 Å². The third-order valence-corrected chi connectivity index (χ3v) is 6.93. The third-order valence-electron chi connectivity index (χ3n) is 4.89. The van der Waals surface area contributed by atoms with E-state index in [1.807, 2.05) is 40.7 Å². The summed E-state index contributed by atoms with van der Waals surface area (Å²) in [6.07, 6.45) is 0. The topological polar surface area (TPSA) is 49.4 Å². The minimum absolute atomic E-state index is 0.152. The number of carbonyl (C=O) groups excluding carboxylic acids is 2. The maximum absolute atomic E-state index is 13.1. The van der Waals surface area contributed by atoms with E-state index in [9.17, 15) is 9.59 Å². The number of halogens is 3. The number of nitrogens with zero attached hydrogens (tertiary/aromatic N) is 1. The van der Waals surface area contributed by atoms with E-state index in [-0.39, 0.29) is 17.4 Å². The number of hydrogen-bond donors (Lipinski definition) is 1. The molecule has 3 aromatic carbocycles. The summed E-state index contributed by atoms with van der Waals surface area (Å²) in [5.74, 6) is -1.25. The number of nitrogens with one attached hydrogen (secondary N) is 1. The summed E-state index contributed by atoms with van der Waals surface area (Å²) in [5, 5.41) is 4.38. The molecule has 158 valence electrons. The highest BCUT2D eigenvalue weighted by Crippen LogP contribution is 2.38. The third kappa shape index (κ3) is 5.01. The second-order valence-electron chi connectivity index (χ2n) is 7.01. The van der Waals surface area contributed by atoms with Crippen molar-refractivity contribution in [3.63, 3.8) is 0 Å². The number of amides is 1. The van der Waals surface area contributed by atoms with Gasteiger partial charge in [0.05, 0.1) is 28.0 Å². The number of benzene rings is 3. The Kier molecular flexibility index (Phi) is 6.77. The second kappa shape index (κ2) is 9.53. The quantitative estimate of drug-likeness (QED) is 0.330. The number of anilines is 2. The Hall–Kier alpha value is -2.18. The summed E-state index contributed by atoms with van der Waals surface area (Å²) in [5.41, 5.74) is 3.03. The van der Waals surface area contributed by atoms with E-state index >= 15 is 0 Å². The number of rotatable bonds is 4. The van der Waals surface area contributed by atoms with Crippen LogP contribution < -0.4 is 9.62 Å². The van der Waals surface area contributed by atoms with Crippen LogP contribution in [0.1, 0.15) is 17.0 Å². The highest BCUT2D eigenvalue weighted by Gasteiger charge is 2.34. The molecule has 0 aliphatic carbocycles. The molecule has 4 rings (SSSR count).